The predicted molar refractivity (Wildman–Crippen MR) is 68.1 cm³/mol. The van der Waals surface area contributed by atoms with E-state index in [9.17, 15) is 0 Å². The van der Waals surface area contributed by atoms with E-state index in [2.05, 4.69) is 21.2 Å². The minimum Gasteiger partial charge on any atom is -0.397 e. The summed E-state index contributed by atoms with van der Waals surface area (Å²) >= 11 is 3.40. The van der Waals surface area contributed by atoms with Gasteiger partial charge in [0.1, 0.15) is 0 Å². The molecule has 0 aliphatic carbocycles. The molecule has 4 heteroatoms. The largest absolute Gasteiger partial charge is 0.397 e. The normalized spacial score (nSPS) is 10.7. The van der Waals surface area contributed by atoms with Gasteiger partial charge in [0.2, 0.25) is 0 Å². The molecule has 0 radical (unpaired) electrons. The van der Waals surface area contributed by atoms with E-state index in [-0.39, 0.29) is 6.10 Å². The van der Waals surface area contributed by atoms with Crippen molar-refractivity contribution < 1.29 is 4.74 Å². The number of anilines is 2. The van der Waals surface area contributed by atoms with E-state index in [0.29, 0.717) is 6.61 Å². The van der Waals surface area contributed by atoms with Crippen molar-refractivity contribution in [3.05, 3.63) is 22.7 Å². The molecule has 0 aliphatic rings. The van der Waals surface area contributed by atoms with Crippen molar-refractivity contribution in [3.8, 4) is 0 Å². The molecule has 0 saturated carbocycles. The maximum absolute atomic E-state index is 5.81. The van der Waals surface area contributed by atoms with Gasteiger partial charge in [-0.25, -0.2) is 0 Å². The van der Waals surface area contributed by atoms with Crippen molar-refractivity contribution >= 4 is 27.3 Å². The van der Waals surface area contributed by atoms with Crippen LogP contribution in [0.2, 0.25) is 0 Å². The van der Waals surface area contributed by atoms with Crippen LogP contribution in [0.4, 0.5) is 11.4 Å². The summed E-state index contributed by atoms with van der Waals surface area (Å²) in [4.78, 5) is 0. The molecule has 0 aromatic heterocycles. The van der Waals surface area contributed by atoms with Crippen molar-refractivity contribution in [2.24, 2.45) is 0 Å². The first-order chi connectivity index (χ1) is 7.09. The number of rotatable bonds is 5. The Balaban J connectivity index is 2.40. The quantitative estimate of drug-likeness (QED) is 0.640. The second-order valence-corrected chi connectivity index (χ2v) is 4.49. The van der Waals surface area contributed by atoms with Crippen LogP contribution in [0.5, 0.6) is 0 Å². The summed E-state index contributed by atoms with van der Waals surface area (Å²) in [5, 5.41) is 3.23. The number of halogens is 1. The van der Waals surface area contributed by atoms with Gasteiger partial charge in [-0.3, -0.25) is 0 Å². The Kier molecular flexibility index (Phi) is 4.91. The molecule has 15 heavy (non-hydrogen) atoms. The Morgan fingerprint density at radius 3 is 2.87 bits per heavy atom. The molecular formula is C11H17BrN2O. The first kappa shape index (κ1) is 12.3. The highest BCUT2D eigenvalue weighted by Gasteiger charge is 1.99. The fraction of sp³-hybridized carbons (Fsp3) is 0.455. The summed E-state index contributed by atoms with van der Waals surface area (Å²) in [5.74, 6) is 0. The minimum absolute atomic E-state index is 0.270. The van der Waals surface area contributed by atoms with E-state index in [0.717, 1.165) is 22.4 Å². The Morgan fingerprint density at radius 1 is 1.47 bits per heavy atom. The van der Waals surface area contributed by atoms with Crippen LogP contribution in [0.1, 0.15) is 13.8 Å². The molecule has 3 N–H and O–H groups in total. The molecule has 0 fully saturated rings. The average Bonchev–Trinajstić information content (AvgIpc) is 2.17. The van der Waals surface area contributed by atoms with Crippen LogP contribution in [0.25, 0.3) is 0 Å². The van der Waals surface area contributed by atoms with E-state index in [1.165, 1.54) is 0 Å². The third kappa shape index (κ3) is 4.53. The Labute approximate surface area is 99.1 Å². The molecule has 1 aromatic carbocycles. The van der Waals surface area contributed by atoms with Gasteiger partial charge in [-0.2, -0.15) is 0 Å². The summed E-state index contributed by atoms with van der Waals surface area (Å²) in [6.45, 7) is 5.49. The van der Waals surface area contributed by atoms with Gasteiger partial charge in [-0.1, -0.05) is 15.9 Å². The lowest BCUT2D eigenvalue weighted by atomic mass is 10.3. The molecule has 0 heterocycles. The molecule has 3 nitrogen and oxygen atoms in total. The molecule has 0 spiro atoms. The molecule has 0 amide bonds. The van der Waals surface area contributed by atoms with Gasteiger partial charge in [0.15, 0.2) is 0 Å². The smallest absolute Gasteiger partial charge is 0.0642 e. The number of nitrogens with two attached hydrogens (primary N) is 1. The molecule has 0 atom stereocenters. The highest BCUT2D eigenvalue weighted by molar-refractivity contribution is 9.10. The van der Waals surface area contributed by atoms with Gasteiger partial charge in [-0.15, -0.1) is 0 Å². The zero-order chi connectivity index (χ0) is 11.3. The fourth-order valence-electron chi connectivity index (χ4n) is 1.16. The van der Waals surface area contributed by atoms with E-state index in [1.807, 2.05) is 32.0 Å². The maximum atomic E-state index is 5.81. The van der Waals surface area contributed by atoms with Gasteiger partial charge < -0.3 is 15.8 Å². The van der Waals surface area contributed by atoms with Gasteiger partial charge in [-0.05, 0) is 32.0 Å². The zero-order valence-corrected chi connectivity index (χ0v) is 10.7. The Bertz CT molecular complexity index is 315. The Morgan fingerprint density at radius 2 is 2.20 bits per heavy atom. The third-order valence-electron chi connectivity index (χ3n) is 1.88. The second-order valence-electron chi connectivity index (χ2n) is 3.58. The van der Waals surface area contributed by atoms with Crippen molar-refractivity contribution in [1.82, 2.24) is 0 Å². The van der Waals surface area contributed by atoms with Crippen LogP contribution >= 0.6 is 15.9 Å². The van der Waals surface area contributed by atoms with E-state index in [4.69, 9.17) is 10.5 Å². The van der Waals surface area contributed by atoms with Gasteiger partial charge in [0.25, 0.3) is 0 Å². The van der Waals surface area contributed by atoms with Crippen LogP contribution in [-0.4, -0.2) is 19.3 Å². The monoisotopic (exact) mass is 272 g/mol. The lowest BCUT2D eigenvalue weighted by molar-refractivity contribution is 0.0871. The van der Waals surface area contributed by atoms with Crippen LogP contribution in [0, 0.1) is 0 Å². The topological polar surface area (TPSA) is 47.3 Å². The number of nitrogens with one attached hydrogen (secondary N) is 1. The first-order valence-corrected chi connectivity index (χ1v) is 5.79. The molecule has 0 saturated heterocycles. The predicted octanol–water partition coefficient (Wildman–Crippen LogP) is 2.87. The van der Waals surface area contributed by atoms with Crippen LogP contribution in [-0.2, 0) is 4.74 Å². The number of hydrogen-bond donors (Lipinski definition) is 2. The number of hydrogen-bond acceptors (Lipinski definition) is 3. The standard InChI is InChI=1S/C11H17BrN2O/c1-8(2)15-6-5-14-11-7-9(12)3-4-10(11)13/h3-4,7-8,14H,5-6,13H2,1-2H3. The van der Waals surface area contributed by atoms with E-state index < -0.39 is 0 Å². The molecule has 0 aliphatic heterocycles. The second kappa shape index (κ2) is 5.98. The summed E-state index contributed by atoms with van der Waals surface area (Å²) in [6.07, 6.45) is 0.270. The molecular weight excluding hydrogens is 256 g/mol. The maximum Gasteiger partial charge on any atom is 0.0642 e. The summed E-state index contributed by atoms with van der Waals surface area (Å²) < 4.78 is 6.44. The van der Waals surface area contributed by atoms with Crippen molar-refractivity contribution in [1.29, 1.82) is 0 Å². The molecule has 84 valence electrons. The Hall–Kier alpha value is -0.740. The van der Waals surface area contributed by atoms with Crippen molar-refractivity contribution in [2.45, 2.75) is 20.0 Å². The highest BCUT2D eigenvalue weighted by atomic mass is 79.9. The van der Waals surface area contributed by atoms with E-state index >= 15 is 0 Å². The first-order valence-electron chi connectivity index (χ1n) is 5.00. The zero-order valence-electron chi connectivity index (χ0n) is 9.09. The van der Waals surface area contributed by atoms with Crippen molar-refractivity contribution in [3.63, 3.8) is 0 Å². The van der Waals surface area contributed by atoms with Gasteiger partial charge in [0.05, 0.1) is 24.1 Å². The summed E-state index contributed by atoms with van der Waals surface area (Å²) in [5.41, 5.74) is 7.50. The lowest BCUT2D eigenvalue weighted by Crippen LogP contribution is -2.13. The molecule has 0 unspecified atom stereocenters. The molecule has 1 rings (SSSR count). The number of nitrogen functional groups attached to an aromatic ring is 1. The number of ether oxygens (including phenoxy) is 1. The summed E-state index contributed by atoms with van der Waals surface area (Å²) in [6, 6.07) is 5.76. The van der Waals surface area contributed by atoms with Crippen molar-refractivity contribution in [2.75, 3.05) is 24.2 Å². The van der Waals surface area contributed by atoms with Crippen LogP contribution < -0.4 is 11.1 Å². The average molecular weight is 273 g/mol. The number of benzene rings is 1. The lowest BCUT2D eigenvalue weighted by Gasteiger charge is -2.11. The molecule has 0 bridgehead atoms. The molecule has 1 aromatic rings. The van der Waals surface area contributed by atoms with Gasteiger partial charge in [0, 0.05) is 11.0 Å². The van der Waals surface area contributed by atoms with Crippen LogP contribution in [0.3, 0.4) is 0 Å². The summed E-state index contributed by atoms with van der Waals surface area (Å²) in [7, 11) is 0. The fourth-order valence-corrected chi connectivity index (χ4v) is 1.52. The highest BCUT2D eigenvalue weighted by Crippen LogP contribution is 2.22. The third-order valence-corrected chi connectivity index (χ3v) is 2.38. The minimum atomic E-state index is 0.270. The van der Waals surface area contributed by atoms with Crippen LogP contribution in [0.15, 0.2) is 22.7 Å². The van der Waals surface area contributed by atoms with Gasteiger partial charge >= 0.3 is 0 Å². The van der Waals surface area contributed by atoms with E-state index in [1.54, 1.807) is 0 Å². The SMILES string of the molecule is CC(C)OCCNc1cc(Br)ccc1N.